The molecule has 0 aliphatic heterocycles. The highest BCUT2D eigenvalue weighted by Gasteiger charge is 2.28. The van der Waals surface area contributed by atoms with E-state index < -0.39 is 6.09 Å². The standard InChI is InChI=1S/C23H22N4O2/c24-22-13-12-16(26-27-22)7-5-6-14-25-23(28)29-15-21-19-10-3-1-8-17(19)18-9-2-4-11-20(18)21/h1-5,7-13,21H,6,14-15H2,(H2,24,27)(H,25,28). The van der Waals surface area contributed by atoms with Gasteiger partial charge in [-0.2, -0.15) is 0 Å². The molecule has 6 nitrogen and oxygen atoms in total. The molecule has 2 aromatic carbocycles. The third kappa shape index (κ3) is 4.27. The third-order valence-corrected chi connectivity index (χ3v) is 4.92. The highest BCUT2D eigenvalue weighted by molar-refractivity contribution is 5.79. The zero-order valence-corrected chi connectivity index (χ0v) is 15.9. The van der Waals surface area contributed by atoms with Crippen molar-refractivity contribution in [1.29, 1.82) is 0 Å². The maximum absolute atomic E-state index is 12.1. The molecular formula is C23H22N4O2. The van der Waals surface area contributed by atoms with E-state index in [-0.39, 0.29) is 5.92 Å². The summed E-state index contributed by atoms with van der Waals surface area (Å²) in [5, 5.41) is 10.5. The smallest absolute Gasteiger partial charge is 0.407 e. The molecule has 1 heterocycles. The Morgan fingerprint density at radius 1 is 1.00 bits per heavy atom. The Kier molecular flexibility index (Phi) is 5.52. The van der Waals surface area contributed by atoms with Crippen molar-refractivity contribution in [2.24, 2.45) is 0 Å². The molecular weight excluding hydrogens is 364 g/mol. The molecule has 0 saturated heterocycles. The summed E-state index contributed by atoms with van der Waals surface area (Å²) in [7, 11) is 0. The maximum Gasteiger partial charge on any atom is 0.407 e. The van der Waals surface area contributed by atoms with Crippen molar-refractivity contribution in [3.63, 3.8) is 0 Å². The van der Waals surface area contributed by atoms with E-state index in [2.05, 4.69) is 39.8 Å². The summed E-state index contributed by atoms with van der Waals surface area (Å²) >= 11 is 0. The first-order valence-corrected chi connectivity index (χ1v) is 9.57. The number of nitrogens with one attached hydrogen (secondary N) is 1. The summed E-state index contributed by atoms with van der Waals surface area (Å²) in [4.78, 5) is 12.1. The minimum Gasteiger partial charge on any atom is -0.449 e. The van der Waals surface area contributed by atoms with Crippen LogP contribution < -0.4 is 11.1 Å². The third-order valence-electron chi connectivity index (χ3n) is 4.92. The van der Waals surface area contributed by atoms with E-state index in [0.29, 0.717) is 25.4 Å². The average molecular weight is 386 g/mol. The van der Waals surface area contributed by atoms with Gasteiger partial charge in [0.15, 0.2) is 0 Å². The number of hydrogen-bond donors (Lipinski definition) is 2. The monoisotopic (exact) mass is 386 g/mol. The molecule has 1 aromatic heterocycles. The lowest BCUT2D eigenvalue weighted by molar-refractivity contribution is 0.143. The van der Waals surface area contributed by atoms with E-state index in [4.69, 9.17) is 10.5 Å². The van der Waals surface area contributed by atoms with Crippen LogP contribution >= 0.6 is 0 Å². The van der Waals surface area contributed by atoms with Crippen LogP contribution in [0.4, 0.5) is 10.6 Å². The Hall–Kier alpha value is -3.67. The number of anilines is 1. The second-order valence-corrected chi connectivity index (χ2v) is 6.83. The van der Waals surface area contributed by atoms with Gasteiger partial charge in [-0.05, 0) is 46.9 Å². The number of amides is 1. The summed E-state index contributed by atoms with van der Waals surface area (Å²) < 4.78 is 5.51. The minimum atomic E-state index is -0.410. The van der Waals surface area contributed by atoms with E-state index in [9.17, 15) is 4.79 Å². The van der Waals surface area contributed by atoms with Gasteiger partial charge in [0.1, 0.15) is 12.4 Å². The highest BCUT2D eigenvalue weighted by atomic mass is 16.5. The zero-order valence-electron chi connectivity index (χ0n) is 15.9. The second kappa shape index (κ2) is 8.56. The molecule has 4 rings (SSSR count). The molecule has 29 heavy (non-hydrogen) atoms. The number of ether oxygens (including phenoxy) is 1. The van der Waals surface area contributed by atoms with Crippen LogP contribution in [0.25, 0.3) is 17.2 Å². The fraction of sp³-hybridized carbons (Fsp3) is 0.174. The number of benzene rings is 2. The van der Waals surface area contributed by atoms with Gasteiger partial charge in [0.05, 0.1) is 5.69 Å². The van der Waals surface area contributed by atoms with Gasteiger partial charge in [-0.25, -0.2) is 4.79 Å². The fourth-order valence-electron chi connectivity index (χ4n) is 3.55. The van der Waals surface area contributed by atoms with Crippen molar-refractivity contribution in [2.45, 2.75) is 12.3 Å². The first-order valence-electron chi connectivity index (χ1n) is 9.57. The van der Waals surface area contributed by atoms with Gasteiger partial charge in [-0.15, -0.1) is 10.2 Å². The van der Waals surface area contributed by atoms with Crippen LogP contribution in [-0.4, -0.2) is 29.4 Å². The molecule has 0 saturated carbocycles. The van der Waals surface area contributed by atoms with Gasteiger partial charge < -0.3 is 15.8 Å². The van der Waals surface area contributed by atoms with Crippen molar-refractivity contribution < 1.29 is 9.53 Å². The first kappa shape index (κ1) is 18.7. The molecule has 1 amide bonds. The van der Waals surface area contributed by atoms with Crippen LogP contribution in [0.15, 0.2) is 66.7 Å². The number of alkyl carbamates (subject to hydrolysis) is 1. The normalized spacial score (nSPS) is 12.6. The van der Waals surface area contributed by atoms with E-state index in [0.717, 1.165) is 5.69 Å². The first-order chi connectivity index (χ1) is 14.2. The molecule has 1 aliphatic rings. The topological polar surface area (TPSA) is 90.1 Å². The van der Waals surface area contributed by atoms with E-state index in [1.165, 1.54) is 22.3 Å². The molecule has 6 heteroatoms. The van der Waals surface area contributed by atoms with Gasteiger partial charge in [0, 0.05) is 12.5 Å². The van der Waals surface area contributed by atoms with Crippen molar-refractivity contribution >= 4 is 18.0 Å². The SMILES string of the molecule is Nc1ccc(C=CCCNC(=O)OCC2c3ccccc3-c3ccccc32)nn1. The van der Waals surface area contributed by atoms with Crippen molar-refractivity contribution in [2.75, 3.05) is 18.9 Å². The van der Waals surface area contributed by atoms with Crippen LogP contribution in [0.3, 0.4) is 0 Å². The van der Waals surface area contributed by atoms with Gasteiger partial charge in [-0.1, -0.05) is 54.6 Å². The Balaban J connectivity index is 1.27. The minimum absolute atomic E-state index is 0.0668. The summed E-state index contributed by atoms with van der Waals surface area (Å²) in [6, 6.07) is 20.0. The highest BCUT2D eigenvalue weighted by Crippen LogP contribution is 2.44. The lowest BCUT2D eigenvalue weighted by Gasteiger charge is -2.14. The largest absolute Gasteiger partial charge is 0.449 e. The van der Waals surface area contributed by atoms with Crippen molar-refractivity contribution in [3.8, 4) is 11.1 Å². The molecule has 1 aliphatic carbocycles. The number of nitrogens with two attached hydrogens (primary N) is 1. The number of hydrogen-bond acceptors (Lipinski definition) is 5. The summed E-state index contributed by atoms with van der Waals surface area (Å²) in [5.41, 5.74) is 11.1. The second-order valence-electron chi connectivity index (χ2n) is 6.83. The van der Waals surface area contributed by atoms with Crippen molar-refractivity contribution in [1.82, 2.24) is 15.5 Å². The van der Waals surface area contributed by atoms with Crippen LogP contribution in [0.1, 0.15) is 29.2 Å². The zero-order chi connectivity index (χ0) is 20.1. The number of fused-ring (bicyclic) bond motifs is 3. The quantitative estimate of drug-likeness (QED) is 0.625. The number of nitrogen functional groups attached to an aromatic ring is 1. The molecule has 3 N–H and O–H groups in total. The van der Waals surface area contributed by atoms with Gasteiger partial charge in [-0.3, -0.25) is 0 Å². The molecule has 146 valence electrons. The fourth-order valence-corrected chi connectivity index (χ4v) is 3.55. The van der Waals surface area contributed by atoms with Crippen LogP contribution in [0, 0.1) is 0 Å². The molecule has 3 aromatic rings. The van der Waals surface area contributed by atoms with Crippen LogP contribution in [-0.2, 0) is 4.74 Å². The Labute approximate surface area is 169 Å². The molecule has 0 radical (unpaired) electrons. The summed E-state index contributed by atoms with van der Waals surface area (Å²) in [6.07, 6.45) is 4.01. The summed E-state index contributed by atoms with van der Waals surface area (Å²) in [6.45, 7) is 0.798. The average Bonchev–Trinajstić information content (AvgIpc) is 3.07. The van der Waals surface area contributed by atoms with E-state index in [1.807, 2.05) is 36.4 Å². The predicted octanol–water partition coefficient (Wildman–Crippen LogP) is 4.00. The molecule has 0 spiro atoms. The molecule has 0 unspecified atom stereocenters. The van der Waals surface area contributed by atoms with E-state index in [1.54, 1.807) is 12.1 Å². The van der Waals surface area contributed by atoms with Crippen LogP contribution in [0.5, 0.6) is 0 Å². The van der Waals surface area contributed by atoms with Gasteiger partial charge in [0.2, 0.25) is 0 Å². The Morgan fingerprint density at radius 3 is 2.34 bits per heavy atom. The number of aromatic nitrogens is 2. The molecule has 0 fully saturated rings. The number of nitrogens with zero attached hydrogens (tertiary/aromatic N) is 2. The van der Waals surface area contributed by atoms with Gasteiger partial charge in [0.25, 0.3) is 0 Å². The van der Waals surface area contributed by atoms with E-state index >= 15 is 0 Å². The lowest BCUT2D eigenvalue weighted by atomic mass is 9.98. The molecule has 0 bridgehead atoms. The Morgan fingerprint density at radius 2 is 1.69 bits per heavy atom. The number of carbonyl (C=O) groups excluding carboxylic acids is 1. The lowest BCUT2D eigenvalue weighted by Crippen LogP contribution is -2.26. The van der Waals surface area contributed by atoms with Gasteiger partial charge >= 0.3 is 6.09 Å². The number of carbonyl (C=O) groups is 1. The Bertz CT molecular complexity index is 986. The molecule has 0 atom stereocenters. The predicted molar refractivity (Wildman–Crippen MR) is 113 cm³/mol. The van der Waals surface area contributed by atoms with Crippen LogP contribution in [0.2, 0.25) is 0 Å². The maximum atomic E-state index is 12.1. The van der Waals surface area contributed by atoms with Crippen molar-refractivity contribution in [3.05, 3.63) is 83.6 Å². The summed E-state index contributed by atoms with van der Waals surface area (Å²) in [5.74, 6) is 0.455. The number of rotatable bonds is 6.